The van der Waals surface area contributed by atoms with Crippen molar-refractivity contribution in [2.24, 2.45) is 0 Å². The highest BCUT2D eigenvalue weighted by Crippen LogP contribution is 2.30. The van der Waals surface area contributed by atoms with E-state index in [0.717, 1.165) is 0 Å². The number of hydrogen-bond acceptors (Lipinski definition) is 3. The zero-order valence-electron chi connectivity index (χ0n) is 7.71. The van der Waals surface area contributed by atoms with Crippen LogP contribution in [-0.4, -0.2) is 7.11 Å². The van der Waals surface area contributed by atoms with Crippen molar-refractivity contribution in [1.29, 1.82) is 0 Å². The number of fused-ring (bicyclic) bond motifs is 1. The van der Waals surface area contributed by atoms with Gasteiger partial charge in [-0.1, -0.05) is 23.2 Å². The molecule has 2 rings (SSSR count). The summed E-state index contributed by atoms with van der Waals surface area (Å²) in [7, 11) is 1.54. The first kappa shape index (κ1) is 10.3. The lowest BCUT2D eigenvalue weighted by atomic mass is 10.2. The van der Waals surface area contributed by atoms with Gasteiger partial charge in [0.25, 0.3) is 0 Å². The second kappa shape index (κ2) is 3.76. The third-order valence-corrected chi connectivity index (χ3v) is 2.83. The third-order valence-electron chi connectivity index (χ3n) is 2.00. The molecule has 0 radical (unpaired) electrons. The molecule has 5 heteroatoms. The summed E-state index contributed by atoms with van der Waals surface area (Å²) in [5, 5.41) is 0.625. The Bertz CT molecular complexity index is 575. The zero-order chi connectivity index (χ0) is 11.0. The van der Waals surface area contributed by atoms with Gasteiger partial charge in [-0.25, -0.2) is 4.79 Å². The molecule has 2 aromatic rings. The highest BCUT2D eigenvalue weighted by Gasteiger charge is 2.11. The topological polar surface area (TPSA) is 39.4 Å². The van der Waals surface area contributed by atoms with E-state index in [2.05, 4.69) is 0 Å². The number of ether oxygens (including phenoxy) is 1. The zero-order valence-corrected chi connectivity index (χ0v) is 9.22. The van der Waals surface area contributed by atoms with Crippen LogP contribution in [0.1, 0.15) is 0 Å². The highest BCUT2D eigenvalue weighted by molar-refractivity contribution is 6.44. The van der Waals surface area contributed by atoms with Gasteiger partial charge in [-0.05, 0) is 18.2 Å². The fourth-order valence-corrected chi connectivity index (χ4v) is 1.61. The Balaban J connectivity index is 2.87. The Morgan fingerprint density at radius 3 is 2.67 bits per heavy atom. The molecule has 15 heavy (non-hydrogen) atoms. The van der Waals surface area contributed by atoms with Crippen molar-refractivity contribution in [3.05, 3.63) is 38.7 Å². The Kier molecular flexibility index (Phi) is 2.59. The lowest BCUT2D eigenvalue weighted by Crippen LogP contribution is -1.99. The van der Waals surface area contributed by atoms with E-state index in [1.807, 2.05) is 0 Å². The highest BCUT2D eigenvalue weighted by atomic mass is 35.5. The minimum atomic E-state index is -0.640. The standard InChI is InChI=1S/C10H6Cl2O3/c1-14-5-2-3-7-6(4-5)8(11)9(12)10(13)15-7/h2-4H,1H3. The minimum Gasteiger partial charge on any atom is -0.497 e. The van der Waals surface area contributed by atoms with Crippen molar-refractivity contribution in [2.45, 2.75) is 0 Å². The fourth-order valence-electron chi connectivity index (χ4n) is 1.25. The molecule has 0 saturated heterocycles. The number of halogens is 2. The summed E-state index contributed by atoms with van der Waals surface area (Å²) in [6.45, 7) is 0. The van der Waals surface area contributed by atoms with Crippen LogP contribution in [0, 0.1) is 0 Å². The summed E-state index contributed by atoms with van der Waals surface area (Å²) < 4.78 is 9.97. The minimum absolute atomic E-state index is 0.114. The van der Waals surface area contributed by atoms with E-state index in [-0.39, 0.29) is 10.0 Å². The Hall–Kier alpha value is -1.19. The van der Waals surface area contributed by atoms with Gasteiger partial charge >= 0.3 is 5.63 Å². The van der Waals surface area contributed by atoms with Crippen LogP contribution < -0.4 is 10.4 Å². The maximum absolute atomic E-state index is 11.2. The first-order valence-electron chi connectivity index (χ1n) is 4.09. The van der Waals surface area contributed by atoms with E-state index in [1.54, 1.807) is 18.2 Å². The van der Waals surface area contributed by atoms with Gasteiger partial charge in [-0.3, -0.25) is 0 Å². The number of methoxy groups -OCH3 is 1. The molecule has 1 aromatic carbocycles. The van der Waals surface area contributed by atoms with Crippen LogP contribution >= 0.6 is 23.2 Å². The van der Waals surface area contributed by atoms with Crippen molar-refractivity contribution < 1.29 is 9.15 Å². The summed E-state index contributed by atoms with van der Waals surface area (Å²) in [5.41, 5.74) is -0.255. The van der Waals surface area contributed by atoms with E-state index in [9.17, 15) is 4.79 Å². The quantitative estimate of drug-likeness (QED) is 0.724. The summed E-state index contributed by atoms with van der Waals surface area (Å²) in [6, 6.07) is 4.94. The van der Waals surface area contributed by atoms with Crippen molar-refractivity contribution in [2.75, 3.05) is 7.11 Å². The molecule has 0 atom stereocenters. The summed E-state index contributed by atoms with van der Waals surface area (Å²) >= 11 is 11.6. The van der Waals surface area contributed by atoms with E-state index >= 15 is 0 Å². The van der Waals surface area contributed by atoms with Gasteiger partial charge in [-0.15, -0.1) is 0 Å². The molecule has 0 amide bonds. The molecule has 1 aromatic heterocycles. The fraction of sp³-hybridized carbons (Fsp3) is 0.100. The van der Waals surface area contributed by atoms with Crippen LogP contribution in [0.25, 0.3) is 11.0 Å². The summed E-state index contributed by atoms with van der Waals surface area (Å²) in [6.07, 6.45) is 0. The van der Waals surface area contributed by atoms with Gasteiger partial charge in [0.1, 0.15) is 16.4 Å². The van der Waals surface area contributed by atoms with E-state index in [4.69, 9.17) is 32.4 Å². The molecule has 0 aliphatic heterocycles. The van der Waals surface area contributed by atoms with Crippen molar-refractivity contribution in [3.8, 4) is 5.75 Å². The molecular weight excluding hydrogens is 239 g/mol. The molecule has 0 fully saturated rings. The predicted octanol–water partition coefficient (Wildman–Crippen LogP) is 3.11. The second-order valence-corrected chi connectivity index (χ2v) is 3.64. The van der Waals surface area contributed by atoms with Crippen LogP contribution in [0.3, 0.4) is 0 Å². The number of benzene rings is 1. The maximum atomic E-state index is 11.2. The van der Waals surface area contributed by atoms with Crippen LogP contribution in [0.4, 0.5) is 0 Å². The van der Waals surface area contributed by atoms with E-state index in [0.29, 0.717) is 16.7 Å². The normalized spacial score (nSPS) is 10.6. The molecule has 0 N–H and O–H groups in total. The van der Waals surface area contributed by atoms with Crippen molar-refractivity contribution >= 4 is 34.2 Å². The van der Waals surface area contributed by atoms with Crippen molar-refractivity contribution in [3.63, 3.8) is 0 Å². The smallest absolute Gasteiger partial charge is 0.356 e. The van der Waals surface area contributed by atoms with Crippen LogP contribution in [0.5, 0.6) is 5.75 Å². The van der Waals surface area contributed by atoms with Crippen LogP contribution in [0.15, 0.2) is 27.4 Å². The van der Waals surface area contributed by atoms with Crippen molar-refractivity contribution in [1.82, 2.24) is 0 Å². The summed E-state index contributed by atoms with van der Waals surface area (Å²) in [4.78, 5) is 11.2. The third kappa shape index (κ3) is 1.68. The van der Waals surface area contributed by atoms with E-state index in [1.165, 1.54) is 7.11 Å². The lowest BCUT2D eigenvalue weighted by Gasteiger charge is -2.03. The van der Waals surface area contributed by atoms with E-state index < -0.39 is 5.63 Å². The number of rotatable bonds is 1. The Morgan fingerprint density at radius 2 is 2.00 bits per heavy atom. The van der Waals surface area contributed by atoms with Crippen LogP contribution in [0.2, 0.25) is 10.0 Å². The van der Waals surface area contributed by atoms with Gasteiger partial charge in [-0.2, -0.15) is 0 Å². The molecule has 78 valence electrons. The molecule has 1 heterocycles. The van der Waals surface area contributed by atoms with Crippen LogP contribution in [-0.2, 0) is 0 Å². The molecule has 0 unspecified atom stereocenters. The molecule has 3 nitrogen and oxygen atoms in total. The molecule has 0 saturated carbocycles. The van der Waals surface area contributed by atoms with Gasteiger partial charge in [0.15, 0.2) is 0 Å². The largest absolute Gasteiger partial charge is 0.497 e. The number of hydrogen-bond donors (Lipinski definition) is 0. The molecular formula is C10H6Cl2O3. The molecule has 0 aliphatic carbocycles. The first-order chi connectivity index (χ1) is 7.13. The summed E-state index contributed by atoms with van der Waals surface area (Å²) in [5.74, 6) is 0.620. The maximum Gasteiger partial charge on any atom is 0.356 e. The average molecular weight is 245 g/mol. The van der Waals surface area contributed by atoms with Gasteiger partial charge in [0.05, 0.1) is 12.1 Å². The second-order valence-electron chi connectivity index (χ2n) is 2.88. The average Bonchev–Trinajstić information content (AvgIpc) is 2.26. The molecule has 0 spiro atoms. The predicted molar refractivity (Wildman–Crippen MR) is 59.1 cm³/mol. The van der Waals surface area contributed by atoms with Gasteiger partial charge in [0.2, 0.25) is 0 Å². The lowest BCUT2D eigenvalue weighted by molar-refractivity contribution is 0.415. The van der Waals surface area contributed by atoms with Gasteiger partial charge < -0.3 is 9.15 Å². The Labute approximate surface area is 95.2 Å². The molecule has 0 aliphatic rings. The SMILES string of the molecule is COc1ccc2oc(=O)c(Cl)c(Cl)c2c1. The Morgan fingerprint density at radius 1 is 1.27 bits per heavy atom. The molecule has 0 bridgehead atoms. The van der Waals surface area contributed by atoms with Gasteiger partial charge in [0, 0.05) is 5.39 Å². The first-order valence-corrected chi connectivity index (χ1v) is 4.85. The monoisotopic (exact) mass is 244 g/mol.